The number of pyridine rings is 1. The summed E-state index contributed by atoms with van der Waals surface area (Å²) >= 11 is 0. The summed E-state index contributed by atoms with van der Waals surface area (Å²) in [7, 11) is 0. The lowest BCUT2D eigenvalue weighted by Crippen LogP contribution is -2.30. The highest BCUT2D eigenvalue weighted by molar-refractivity contribution is 5.86. The molecule has 2 N–H and O–H groups in total. The lowest BCUT2D eigenvalue weighted by Gasteiger charge is -2.20. The molecule has 9 nitrogen and oxygen atoms in total. The molecule has 3 heterocycles. The highest BCUT2D eigenvalue weighted by Crippen LogP contribution is 2.32. The number of anilines is 1. The monoisotopic (exact) mass is 572 g/mol. The van der Waals surface area contributed by atoms with Crippen LogP contribution >= 0.6 is 0 Å². The van der Waals surface area contributed by atoms with Gasteiger partial charge in [-0.25, -0.2) is 23.8 Å². The van der Waals surface area contributed by atoms with Gasteiger partial charge in [0.25, 0.3) is 11.1 Å². The quantitative estimate of drug-likeness (QED) is 0.283. The summed E-state index contributed by atoms with van der Waals surface area (Å²) in [5, 5.41) is 7.63. The summed E-state index contributed by atoms with van der Waals surface area (Å²) < 4.78 is 99.1. The van der Waals surface area contributed by atoms with Gasteiger partial charge in [0.2, 0.25) is 0 Å². The molecule has 4 aromatic rings. The Kier molecular flexibility index (Phi) is 8.06. The van der Waals surface area contributed by atoms with Gasteiger partial charge < -0.3 is 14.6 Å². The predicted molar refractivity (Wildman–Crippen MR) is 128 cm³/mol. The molecule has 0 saturated heterocycles. The summed E-state index contributed by atoms with van der Waals surface area (Å²) in [5.41, 5.74) is -4.43. The van der Waals surface area contributed by atoms with Crippen LogP contribution in [0.2, 0.25) is 0 Å². The molecule has 212 valence electrons. The fraction of sp³-hybridized carbons (Fsp3) is 0.292. The molecular formula is C24H19F7N6O3. The third-order valence-corrected chi connectivity index (χ3v) is 5.70. The topological polar surface area (TPSA) is 115 Å². The predicted octanol–water partition coefficient (Wildman–Crippen LogP) is 4.53. The normalized spacial score (nSPS) is 13.4. The van der Waals surface area contributed by atoms with Crippen LogP contribution in [0.25, 0.3) is 22.2 Å². The van der Waals surface area contributed by atoms with E-state index in [0.717, 1.165) is 29.2 Å². The van der Waals surface area contributed by atoms with Crippen LogP contribution in [0.5, 0.6) is 5.75 Å². The van der Waals surface area contributed by atoms with Crippen LogP contribution in [0.3, 0.4) is 0 Å². The average molecular weight is 572 g/mol. The number of fused-ring (bicyclic) bond motifs is 1. The van der Waals surface area contributed by atoms with Crippen LogP contribution in [-0.4, -0.2) is 43.6 Å². The minimum Gasteiger partial charge on any atom is -0.432 e. The number of ether oxygens (including phenoxy) is 1. The molecule has 0 unspecified atom stereocenters. The van der Waals surface area contributed by atoms with Gasteiger partial charge in [-0.05, 0) is 30.5 Å². The van der Waals surface area contributed by atoms with Crippen molar-refractivity contribution in [3.05, 3.63) is 75.1 Å². The lowest BCUT2D eigenvalue weighted by molar-refractivity contribution is -0.138. The van der Waals surface area contributed by atoms with Crippen molar-refractivity contribution in [2.24, 2.45) is 0 Å². The van der Waals surface area contributed by atoms with Crippen molar-refractivity contribution < 1.29 is 35.5 Å². The molecular weight excluding hydrogens is 553 g/mol. The molecule has 4 rings (SSSR count). The van der Waals surface area contributed by atoms with Crippen molar-refractivity contribution >= 4 is 16.5 Å². The molecule has 3 aromatic heterocycles. The number of benzene rings is 1. The molecule has 0 aliphatic carbocycles. The van der Waals surface area contributed by atoms with Crippen molar-refractivity contribution in [3.63, 3.8) is 0 Å². The van der Waals surface area contributed by atoms with E-state index < -0.39 is 59.7 Å². The molecule has 0 saturated carbocycles. The second-order valence-corrected chi connectivity index (χ2v) is 8.68. The third-order valence-electron chi connectivity index (χ3n) is 5.70. The number of hydrogen-bond acceptors (Lipinski definition) is 7. The molecule has 1 aromatic carbocycles. The summed E-state index contributed by atoms with van der Waals surface area (Å²) in [5.74, 6) is -1.38. The smallest absolute Gasteiger partial charge is 0.423 e. The van der Waals surface area contributed by atoms with E-state index in [1.54, 1.807) is 5.10 Å². The van der Waals surface area contributed by atoms with Crippen molar-refractivity contribution in [2.45, 2.75) is 44.9 Å². The van der Waals surface area contributed by atoms with E-state index >= 15 is 0 Å². The molecule has 0 amide bonds. The number of aromatic nitrogens is 5. The molecule has 16 heteroatoms. The van der Waals surface area contributed by atoms with Crippen molar-refractivity contribution in [1.29, 1.82) is 0 Å². The highest BCUT2D eigenvalue weighted by atomic mass is 19.4. The highest BCUT2D eigenvalue weighted by Gasteiger charge is 2.37. The van der Waals surface area contributed by atoms with Gasteiger partial charge in [0.05, 0.1) is 41.8 Å². The fourth-order valence-corrected chi connectivity index (χ4v) is 4.02. The Bertz CT molecular complexity index is 1620. The summed E-state index contributed by atoms with van der Waals surface area (Å²) in [6.07, 6.45) is -3.13. The summed E-state index contributed by atoms with van der Waals surface area (Å²) in [4.78, 5) is 32.1. The van der Waals surface area contributed by atoms with Gasteiger partial charge in [-0.2, -0.15) is 27.1 Å². The Labute approximate surface area is 219 Å². The lowest BCUT2D eigenvalue weighted by atomic mass is 10.1. The largest absolute Gasteiger partial charge is 0.432 e. The van der Waals surface area contributed by atoms with Gasteiger partial charge in [-0.15, -0.1) is 0 Å². The van der Waals surface area contributed by atoms with Gasteiger partial charge in [0, 0.05) is 18.7 Å². The van der Waals surface area contributed by atoms with Crippen LogP contribution in [0, 0.1) is 5.82 Å². The van der Waals surface area contributed by atoms with Crippen LogP contribution in [-0.2, 0) is 12.7 Å². The third kappa shape index (κ3) is 6.38. The Morgan fingerprint density at radius 3 is 2.45 bits per heavy atom. The molecule has 0 spiro atoms. The van der Waals surface area contributed by atoms with E-state index in [9.17, 15) is 40.3 Å². The molecule has 0 radical (unpaired) electrons. The zero-order chi connectivity index (χ0) is 29.2. The summed E-state index contributed by atoms with van der Waals surface area (Å²) in [6.45, 7) is -2.19. The maximum atomic E-state index is 14.9. The maximum absolute atomic E-state index is 14.9. The van der Waals surface area contributed by atoms with Gasteiger partial charge >= 0.3 is 12.8 Å². The second-order valence-electron chi connectivity index (χ2n) is 8.68. The van der Waals surface area contributed by atoms with E-state index in [4.69, 9.17) is 0 Å². The number of aromatic amines is 1. The zero-order valence-corrected chi connectivity index (χ0v) is 20.3. The SMILES string of the molecule is C[C@@H](C[C@@H](F)Cn1ccc2cc(-c3ncc(OC(F)F)cn3)c(F)cc2c1=O)Nc1cn[nH]c(=O)c1C(F)(F)F. The number of rotatable bonds is 9. The van der Waals surface area contributed by atoms with Crippen molar-refractivity contribution in [2.75, 3.05) is 5.32 Å². The van der Waals surface area contributed by atoms with Crippen LogP contribution < -0.4 is 21.2 Å². The number of nitrogens with zero attached hydrogens (tertiary/aromatic N) is 4. The van der Waals surface area contributed by atoms with Gasteiger partial charge in [-0.3, -0.25) is 9.59 Å². The van der Waals surface area contributed by atoms with Crippen LogP contribution in [0.4, 0.5) is 36.4 Å². The van der Waals surface area contributed by atoms with Gasteiger partial charge in [-0.1, -0.05) is 0 Å². The Morgan fingerprint density at radius 2 is 1.80 bits per heavy atom. The number of nitrogens with one attached hydrogen (secondary N) is 2. The molecule has 0 aliphatic heterocycles. The first kappa shape index (κ1) is 28.5. The van der Waals surface area contributed by atoms with E-state index in [1.165, 1.54) is 25.3 Å². The minimum atomic E-state index is -4.97. The molecule has 2 atom stereocenters. The Morgan fingerprint density at radius 1 is 1.10 bits per heavy atom. The number of hydrogen-bond donors (Lipinski definition) is 2. The molecule has 0 bridgehead atoms. The van der Waals surface area contributed by atoms with E-state index in [0.29, 0.717) is 0 Å². The first-order chi connectivity index (χ1) is 18.8. The maximum Gasteiger partial charge on any atom is 0.423 e. The Hall–Kier alpha value is -4.50. The Balaban J connectivity index is 1.50. The molecule has 0 fully saturated rings. The number of halogens is 7. The molecule has 40 heavy (non-hydrogen) atoms. The zero-order valence-electron chi connectivity index (χ0n) is 20.3. The van der Waals surface area contributed by atoms with E-state index in [2.05, 4.69) is 25.1 Å². The van der Waals surface area contributed by atoms with Gasteiger partial charge in [0.1, 0.15) is 17.6 Å². The average Bonchev–Trinajstić information content (AvgIpc) is 2.85. The van der Waals surface area contributed by atoms with E-state index in [1.807, 2.05) is 0 Å². The van der Waals surface area contributed by atoms with Crippen LogP contribution in [0.1, 0.15) is 18.9 Å². The second kappa shape index (κ2) is 11.3. The fourth-order valence-electron chi connectivity index (χ4n) is 4.02. The number of H-pyrrole nitrogens is 1. The number of alkyl halides is 6. The summed E-state index contributed by atoms with van der Waals surface area (Å²) in [6, 6.07) is 2.70. The standard InChI is InChI=1S/C24H19F7N6O3/c1-11(35-18-9-34-36-21(38)19(18)24(29,30)31)4-13(25)10-37-3-2-12-5-16(17(26)6-15(12)22(37)39)20-32-7-14(8-33-20)40-23(27)28/h2-3,5-9,11,13,23H,4,10H2,1H3,(H2,35,36,38)/t11-,13+/m0/s1. The van der Waals surface area contributed by atoms with E-state index in [-0.39, 0.29) is 34.3 Å². The van der Waals surface area contributed by atoms with Crippen molar-refractivity contribution in [3.8, 4) is 17.1 Å². The van der Waals surface area contributed by atoms with Crippen molar-refractivity contribution in [1.82, 2.24) is 24.7 Å². The van der Waals surface area contributed by atoms with Crippen LogP contribution in [0.15, 0.2) is 52.6 Å². The van der Waals surface area contributed by atoms with Gasteiger partial charge in [0.15, 0.2) is 11.6 Å². The molecule has 0 aliphatic rings. The minimum absolute atomic E-state index is 0.0934. The first-order valence-electron chi connectivity index (χ1n) is 11.5. The first-order valence-corrected chi connectivity index (χ1v) is 11.5.